The van der Waals surface area contributed by atoms with Crippen LogP contribution in [0, 0.1) is 0 Å². The molecule has 1 rings (SSSR count). The molecule has 0 radical (unpaired) electrons. The number of thioether (sulfide) groups is 1. The van der Waals surface area contributed by atoms with Crippen LogP contribution in [0.3, 0.4) is 0 Å². The second-order valence-corrected chi connectivity index (χ2v) is 5.53. The molecule has 0 aliphatic rings. The molecule has 0 spiro atoms. The predicted octanol–water partition coefficient (Wildman–Crippen LogP) is 4.21. The van der Waals surface area contributed by atoms with E-state index in [1.807, 2.05) is 13.0 Å². The van der Waals surface area contributed by atoms with Crippen LogP contribution < -0.4 is 0 Å². The molecule has 0 aliphatic carbocycles. The van der Waals surface area contributed by atoms with Crippen molar-refractivity contribution in [1.29, 1.82) is 0 Å². The van der Waals surface area contributed by atoms with E-state index in [-0.39, 0.29) is 0 Å². The molecule has 2 nitrogen and oxygen atoms in total. The summed E-state index contributed by atoms with van der Waals surface area (Å²) in [6, 6.07) is 5.38. The van der Waals surface area contributed by atoms with Crippen molar-refractivity contribution >= 4 is 33.7 Å². The largest absolute Gasteiger partial charge is 0.478 e. The summed E-state index contributed by atoms with van der Waals surface area (Å²) in [6.07, 6.45) is 0.948. The number of carboxylic acid groups (broad SMARTS) is 1. The number of aromatic carboxylic acids is 1. The number of allylic oxidation sites excluding steroid dienone is 1. The first-order valence-corrected chi connectivity index (χ1v) is 6.58. The van der Waals surface area contributed by atoms with E-state index in [9.17, 15) is 4.79 Å². The smallest absolute Gasteiger partial charge is 0.336 e. The summed E-state index contributed by atoms with van der Waals surface area (Å²) < 4.78 is 0.615. The monoisotopic (exact) mass is 300 g/mol. The Balaban J connectivity index is 2.71. The van der Waals surface area contributed by atoms with Crippen molar-refractivity contribution in [1.82, 2.24) is 0 Å². The first-order valence-electron chi connectivity index (χ1n) is 4.80. The van der Waals surface area contributed by atoms with Crippen LogP contribution in [0.25, 0.3) is 0 Å². The lowest BCUT2D eigenvalue weighted by Crippen LogP contribution is -1.97. The highest BCUT2D eigenvalue weighted by molar-refractivity contribution is 9.10. The number of halogens is 1. The predicted molar refractivity (Wildman–Crippen MR) is 71.3 cm³/mol. The molecule has 0 amide bonds. The van der Waals surface area contributed by atoms with Crippen molar-refractivity contribution in [2.45, 2.75) is 18.2 Å². The van der Waals surface area contributed by atoms with Crippen molar-refractivity contribution in [3.63, 3.8) is 0 Å². The van der Waals surface area contributed by atoms with Gasteiger partial charge in [-0.3, -0.25) is 0 Å². The summed E-state index contributed by atoms with van der Waals surface area (Å²) in [5.41, 5.74) is 1.45. The van der Waals surface area contributed by atoms with E-state index in [1.54, 1.807) is 23.9 Å². The average Bonchev–Trinajstić information content (AvgIpc) is 2.19. The molecule has 86 valence electrons. The lowest BCUT2D eigenvalue weighted by atomic mass is 10.2. The van der Waals surface area contributed by atoms with Crippen molar-refractivity contribution < 1.29 is 9.90 Å². The highest BCUT2D eigenvalue weighted by Gasteiger charge is 2.08. The molecular weight excluding hydrogens is 288 g/mol. The first kappa shape index (κ1) is 13.3. The van der Waals surface area contributed by atoms with Gasteiger partial charge in [-0.15, -0.1) is 18.3 Å². The normalized spacial score (nSPS) is 10.1. The fraction of sp³-hybridized carbons (Fsp3) is 0.250. The fourth-order valence-electron chi connectivity index (χ4n) is 1.10. The molecule has 0 saturated carbocycles. The van der Waals surface area contributed by atoms with Gasteiger partial charge in [0, 0.05) is 15.1 Å². The maximum atomic E-state index is 10.9. The zero-order valence-electron chi connectivity index (χ0n) is 9.00. The SMILES string of the molecule is C=C(C)CCSc1ccc(Br)c(C(=O)O)c1. The summed E-state index contributed by atoms with van der Waals surface area (Å²) in [4.78, 5) is 11.9. The minimum Gasteiger partial charge on any atom is -0.478 e. The molecule has 1 aromatic carbocycles. The molecule has 0 heterocycles. The van der Waals surface area contributed by atoms with Gasteiger partial charge in [-0.25, -0.2) is 4.79 Å². The van der Waals surface area contributed by atoms with E-state index in [2.05, 4.69) is 22.5 Å². The maximum Gasteiger partial charge on any atom is 0.336 e. The number of rotatable bonds is 5. The maximum absolute atomic E-state index is 10.9. The molecule has 1 N–H and O–H groups in total. The van der Waals surface area contributed by atoms with Crippen LogP contribution in [0.15, 0.2) is 39.7 Å². The Kier molecular flexibility index (Phi) is 5.09. The summed E-state index contributed by atoms with van der Waals surface area (Å²) in [5.74, 6) is 0.0185. The minimum absolute atomic E-state index is 0.306. The Morgan fingerprint density at radius 2 is 2.25 bits per heavy atom. The summed E-state index contributed by atoms with van der Waals surface area (Å²) in [7, 11) is 0. The molecular formula is C12H13BrO2S. The quantitative estimate of drug-likeness (QED) is 0.654. The van der Waals surface area contributed by atoms with Gasteiger partial charge < -0.3 is 5.11 Å². The zero-order chi connectivity index (χ0) is 12.1. The number of carbonyl (C=O) groups is 1. The molecule has 1 aromatic rings. The van der Waals surface area contributed by atoms with Crippen molar-refractivity contribution in [2.75, 3.05) is 5.75 Å². The van der Waals surface area contributed by atoms with Crippen LogP contribution >= 0.6 is 27.7 Å². The number of hydrogen-bond acceptors (Lipinski definition) is 2. The summed E-state index contributed by atoms with van der Waals surface area (Å²) in [5, 5.41) is 8.95. The number of carboxylic acids is 1. The van der Waals surface area contributed by atoms with Crippen LogP contribution in [0.5, 0.6) is 0 Å². The average molecular weight is 301 g/mol. The Labute approximate surface area is 108 Å². The Morgan fingerprint density at radius 3 is 2.81 bits per heavy atom. The van der Waals surface area contributed by atoms with Gasteiger partial charge in [0.2, 0.25) is 0 Å². The van der Waals surface area contributed by atoms with E-state index >= 15 is 0 Å². The molecule has 16 heavy (non-hydrogen) atoms. The fourth-order valence-corrected chi connectivity index (χ4v) is 2.57. The molecule has 0 atom stereocenters. The molecule has 0 saturated heterocycles. The molecule has 4 heteroatoms. The third kappa shape index (κ3) is 4.02. The van der Waals surface area contributed by atoms with E-state index in [4.69, 9.17) is 5.11 Å². The van der Waals surface area contributed by atoms with E-state index < -0.39 is 5.97 Å². The number of hydrogen-bond donors (Lipinski definition) is 1. The van der Waals surface area contributed by atoms with Gasteiger partial charge in [-0.1, -0.05) is 5.57 Å². The van der Waals surface area contributed by atoms with E-state index in [0.29, 0.717) is 10.0 Å². The Morgan fingerprint density at radius 1 is 1.56 bits per heavy atom. The Bertz CT molecular complexity index is 415. The molecule has 0 aromatic heterocycles. The van der Waals surface area contributed by atoms with Crippen molar-refractivity contribution in [3.8, 4) is 0 Å². The third-order valence-corrected chi connectivity index (χ3v) is 3.65. The van der Waals surface area contributed by atoms with Gasteiger partial charge in [0.1, 0.15) is 0 Å². The van der Waals surface area contributed by atoms with Crippen LogP contribution in [0.2, 0.25) is 0 Å². The lowest BCUT2D eigenvalue weighted by Gasteiger charge is -2.04. The third-order valence-electron chi connectivity index (χ3n) is 1.97. The Hall–Kier alpha value is -0.740. The molecule has 0 aliphatic heterocycles. The zero-order valence-corrected chi connectivity index (χ0v) is 11.4. The van der Waals surface area contributed by atoms with Crippen molar-refractivity contribution in [2.24, 2.45) is 0 Å². The second-order valence-electron chi connectivity index (χ2n) is 3.50. The lowest BCUT2D eigenvalue weighted by molar-refractivity contribution is 0.0695. The van der Waals surface area contributed by atoms with Gasteiger partial charge in [0.15, 0.2) is 0 Å². The van der Waals surface area contributed by atoms with Gasteiger partial charge in [-0.05, 0) is 47.5 Å². The molecule has 0 fully saturated rings. The van der Waals surface area contributed by atoms with Gasteiger partial charge in [0.25, 0.3) is 0 Å². The van der Waals surface area contributed by atoms with Gasteiger partial charge in [-0.2, -0.15) is 0 Å². The van der Waals surface area contributed by atoms with E-state index in [1.165, 1.54) is 0 Å². The highest BCUT2D eigenvalue weighted by Crippen LogP contribution is 2.25. The van der Waals surface area contributed by atoms with Crippen LogP contribution in [0.4, 0.5) is 0 Å². The first-order chi connectivity index (χ1) is 7.50. The molecule has 0 unspecified atom stereocenters. The van der Waals surface area contributed by atoms with Crippen LogP contribution in [-0.2, 0) is 0 Å². The highest BCUT2D eigenvalue weighted by atomic mass is 79.9. The van der Waals surface area contributed by atoms with Gasteiger partial charge in [0.05, 0.1) is 5.56 Å². The number of benzene rings is 1. The van der Waals surface area contributed by atoms with Crippen molar-refractivity contribution in [3.05, 3.63) is 40.4 Å². The topological polar surface area (TPSA) is 37.3 Å². The molecule has 0 bridgehead atoms. The van der Waals surface area contributed by atoms with E-state index in [0.717, 1.165) is 22.6 Å². The second kappa shape index (κ2) is 6.11. The summed E-state index contributed by atoms with van der Waals surface area (Å²) >= 11 is 4.86. The van der Waals surface area contributed by atoms with Gasteiger partial charge >= 0.3 is 5.97 Å². The standard InChI is InChI=1S/C12H13BrO2S/c1-8(2)5-6-16-9-3-4-11(13)10(7-9)12(14)15/h3-4,7H,1,5-6H2,2H3,(H,14,15). The van der Waals surface area contributed by atoms with Crippen LogP contribution in [0.1, 0.15) is 23.7 Å². The van der Waals surface area contributed by atoms with Crippen LogP contribution in [-0.4, -0.2) is 16.8 Å². The minimum atomic E-state index is -0.908. The summed E-state index contributed by atoms with van der Waals surface area (Å²) in [6.45, 7) is 5.82.